The zero-order valence-corrected chi connectivity index (χ0v) is 20.3. The van der Waals surface area contributed by atoms with E-state index in [2.05, 4.69) is 41.3 Å². The maximum absolute atomic E-state index is 13.7. The van der Waals surface area contributed by atoms with Gasteiger partial charge in [0.1, 0.15) is 11.9 Å². The minimum atomic E-state index is -0.292. The van der Waals surface area contributed by atoms with Crippen LogP contribution in [0.25, 0.3) is 0 Å². The van der Waals surface area contributed by atoms with E-state index < -0.39 is 0 Å². The second-order valence-corrected chi connectivity index (χ2v) is 10.1. The fourth-order valence-corrected chi connectivity index (χ4v) is 6.07. The molecule has 6 rings (SSSR count). The summed E-state index contributed by atoms with van der Waals surface area (Å²) in [7, 11) is 0. The summed E-state index contributed by atoms with van der Waals surface area (Å²) < 4.78 is 25.7. The molecular weight excluding hydrogens is 455 g/mol. The number of ether oxygens (including phenoxy) is 2. The highest BCUT2D eigenvalue weighted by molar-refractivity contribution is 5.70. The van der Waals surface area contributed by atoms with Crippen molar-refractivity contribution >= 4 is 6.09 Å². The van der Waals surface area contributed by atoms with Crippen LogP contribution in [0.2, 0.25) is 0 Å². The summed E-state index contributed by atoms with van der Waals surface area (Å²) >= 11 is 0. The third-order valence-electron chi connectivity index (χ3n) is 7.81. The number of morpholine rings is 1. The first-order chi connectivity index (χ1) is 17.7. The van der Waals surface area contributed by atoms with E-state index in [1.165, 1.54) is 23.3 Å². The molecule has 2 unspecified atom stereocenters. The number of hydrogen-bond acceptors (Lipinski definition) is 4. The summed E-state index contributed by atoms with van der Waals surface area (Å²) in [5, 5.41) is 0. The molecule has 3 aromatic carbocycles. The lowest BCUT2D eigenvalue weighted by molar-refractivity contribution is -0.112. The van der Waals surface area contributed by atoms with Gasteiger partial charge in [0.25, 0.3) is 0 Å². The van der Waals surface area contributed by atoms with Gasteiger partial charge in [-0.1, -0.05) is 66.7 Å². The lowest BCUT2D eigenvalue weighted by Gasteiger charge is -2.48. The number of amides is 1. The van der Waals surface area contributed by atoms with Gasteiger partial charge in [-0.25, -0.2) is 9.18 Å². The van der Waals surface area contributed by atoms with Crippen molar-refractivity contribution < 1.29 is 18.7 Å². The van der Waals surface area contributed by atoms with E-state index in [0.717, 1.165) is 36.9 Å². The molecule has 0 spiro atoms. The SMILES string of the molecule is O=C(OC1CC2COCC(C1)N2Cc1ccccc1)N1CCc2ccccc2[C@@H]1c1ccc(F)cc1. The minimum absolute atomic E-state index is 0.144. The first-order valence-electron chi connectivity index (χ1n) is 12.8. The average molecular weight is 487 g/mol. The summed E-state index contributed by atoms with van der Waals surface area (Å²) in [4.78, 5) is 17.9. The van der Waals surface area contributed by atoms with Crippen LogP contribution >= 0.6 is 0 Å². The van der Waals surface area contributed by atoms with Crippen LogP contribution in [0.3, 0.4) is 0 Å². The molecule has 3 aliphatic heterocycles. The number of carbonyl (C=O) groups is 1. The van der Waals surface area contributed by atoms with E-state index in [0.29, 0.717) is 19.8 Å². The van der Waals surface area contributed by atoms with Crippen molar-refractivity contribution in [3.63, 3.8) is 0 Å². The van der Waals surface area contributed by atoms with Gasteiger partial charge >= 0.3 is 6.09 Å². The van der Waals surface area contributed by atoms with Crippen LogP contribution in [0.4, 0.5) is 9.18 Å². The van der Waals surface area contributed by atoms with Crippen molar-refractivity contribution in [2.24, 2.45) is 0 Å². The molecular formula is C30H31FN2O3. The Balaban J connectivity index is 1.19. The molecule has 5 nitrogen and oxygen atoms in total. The lowest BCUT2D eigenvalue weighted by atomic mass is 9.88. The van der Waals surface area contributed by atoms with Gasteiger partial charge in [-0.3, -0.25) is 9.80 Å². The molecule has 2 bridgehead atoms. The van der Waals surface area contributed by atoms with Crippen LogP contribution < -0.4 is 0 Å². The molecule has 0 aromatic heterocycles. The van der Waals surface area contributed by atoms with Crippen molar-refractivity contribution in [3.05, 3.63) is 107 Å². The van der Waals surface area contributed by atoms with Gasteiger partial charge in [0, 0.05) is 38.0 Å². The van der Waals surface area contributed by atoms with Crippen LogP contribution in [-0.4, -0.2) is 53.8 Å². The molecule has 2 fully saturated rings. The molecule has 3 heterocycles. The summed E-state index contributed by atoms with van der Waals surface area (Å²) in [6, 6.07) is 25.3. The zero-order chi connectivity index (χ0) is 24.5. The van der Waals surface area contributed by atoms with Gasteiger partial charge < -0.3 is 9.47 Å². The highest BCUT2D eigenvalue weighted by Gasteiger charge is 2.42. The Morgan fingerprint density at radius 1 is 0.917 bits per heavy atom. The second-order valence-electron chi connectivity index (χ2n) is 10.1. The standard InChI is InChI=1S/C30H31FN2O3/c31-24-12-10-23(11-13-24)29-28-9-5-4-8-22(28)14-15-32(29)30(34)36-27-16-25-19-35-20-26(17-27)33(25)18-21-6-2-1-3-7-21/h1-13,25-27,29H,14-20H2/t25?,26?,27?,29-/m0/s1. The van der Waals surface area contributed by atoms with E-state index in [9.17, 15) is 9.18 Å². The first kappa shape index (κ1) is 23.2. The summed E-state index contributed by atoms with van der Waals surface area (Å²) in [5.41, 5.74) is 4.48. The molecule has 0 saturated carbocycles. The highest BCUT2D eigenvalue weighted by Crippen LogP contribution is 2.37. The van der Waals surface area contributed by atoms with Crippen molar-refractivity contribution in [2.75, 3.05) is 19.8 Å². The first-order valence-corrected chi connectivity index (χ1v) is 12.8. The van der Waals surface area contributed by atoms with Gasteiger partial charge in [0.15, 0.2) is 0 Å². The Bertz CT molecular complexity index is 1190. The van der Waals surface area contributed by atoms with Crippen LogP contribution in [0.1, 0.15) is 41.1 Å². The molecule has 1 amide bonds. The van der Waals surface area contributed by atoms with Gasteiger partial charge in [-0.2, -0.15) is 0 Å². The number of rotatable bonds is 4. The molecule has 3 atom stereocenters. The maximum atomic E-state index is 13.7. The third-order valence-corrected chi connectivity index (χ3v) is 7.81. The van der Waals surface area contributed by atoms with E-state index >= 15 is 0 Å². The van der Waals surface area contributed by atoms with Crippen molar-refractivity contribution in [1.29, 1.82) is 0 Å². The average Bonchev–Trinajstić information content (AvgIpc) is 2.89. The Morgan fingerprint density at radius 3 is 2.36 bits per heavy atom. The Kier molecular flexibility index (Phi) is 6.46. The number of hydrogen-bond donors (Lipinski definition) is 0. The van der Waals surface area contributed by atoms with Crippen molar-refractivity contribution in [1.82, 2.24) is 9.80 Å². The van der Waals surface area contributed by atoms with E-state index in [-0.39, 0.29) is 36.1 Å². The predicted molar refractivity (Wildman–Crippen MR) is 135 cm³/mol. The third kappa shape index (κ3) is 4.63. The zero-order valence-electron chi connectivity index (χ0n) is 20.3. The van der Waals surface area contributed by atoms with Crippen LogP contribution in [0.5, 0.6) is 0 Å². The van der Waals surface area contributed by atoms with Gasteiger partial charge in [0.05, 0.1) is 19.3 Å². The van der Waals surface area contributed by atoms with Gasteiger partial charge in [0.2, 0.25) is 0 Å². The summed E-state index contributed by atoms with van der Waals surface area (Å²) in [6.07, 6.45) is 1.87. The fourth-order valence-electron chi connectivity index (χ4n) is 6.07. The normalized spacial score (nSPS) is 25.8. The Morgan fingerprint density at radius 2 is 1.61 bits per heavy atom. The van der Waals surface area contributed by atoms with Crippen molar-refractivity contribution in [2.45, 2.75) is 50.0 Å². The molecule has 0 radical (unpaired) electrons. The molecule has 36 heavy (non-hydrogen) atoms. The molecule has 3 aliphatic rings. The van der Waals surface area contributed by atoms with Crippen LogP contribution in [0, 0.1) is 5.82 Å². The topological polar surface area (TPSA) is 42.0 Å². The van der Waals surface area contributed by atoms with E-state index in [1.807, 2.05) is 23.1 Å². The maximum Gasteiger partial charge on any atom is 0.410 e. The number of piperidine rings is 1. The second kappa shape index (κ2) is 10.0. The molecule has 2 saturated heterocycles. The number of fused-ring (bicyclic) bond motifs is 3. The van der Waals surface area contributed by atoms with Gasteiger partial charge in [-0.05, 0) is 40.8 Å². The Hall–Kier alpha value is -3.22. The number of benzene rings is 3. The van der Waals surface area contributed by atoms with Crippen LogP contribution in [-0.2, 0) is 22.4 Å². The summed E-state index contributed by atoms with van der Waals surface area (Å²) in [6.45, 7) is 2.77. The fraction of sp³-hybridized carbons (Fsp3) is 0.367. The number of carbonyl (C=O) groups excluding carboxylic acids is 1. The number of halogens is 1. The minimum Gasteiger partial charge on any atom is -0.446 e. The molecule has 0 aliphatic carbocycles. The quantitative estimate of drug-likeness (QED) is 0.499. The van der Waals surface area contributed by atoms with Gasteiger partial charge in [-0.15, -0.1) is 0 Å². The van der Waals surface area contributed by atoms with E-state index in [1.54, 1.807) is 12.1 Å². The summed E-state index contributed by atoms with van der Waals surface area (Å²) in [5.74, 6) is -0.284. The van der Waals surface area contributed by atoms with E-state index in [4.69, 9.17) is 9.47 Å². The number of nitrogens with zero attached hydrogens (tertiary/aromatic N) is 2. The highest BCUT2D eigenvalue weighted by atomic mass is 19.1. The largest absolute Gasteiger partial charge is 0.446 e. The smallest absolute Gasteiger partial charge is 0.410 e. The molecule has 3 aromatic rings. The predicted octanol–water partition coefficient (Wildman–Crippen LogP) is 5.34. The van der Waals surface area contributed by atoms with Crippen LogP contribution in [0.15, 0.2) is 78.9 Å². The molecule has 0 N–H and O–H groups in total. The molecule has 186 valence electrons. The van der Waals surface area contributed by atoms with Crippen molar-refractivity contribution in [3.8, 4) is 0 Å². The molecule has 6 heteroatoms. The lowest BCUT2D eigenvalue weighted by Crippen LogP contribution is -2.58. The Labute approximate surface area is 211 Å². The monoisotopic (exact) mass is 486 g/mol.